The SMILES string of the molecule is COc1ccc(C2=C(O)C(=O)N(Cc3ccc(SC)cc3)C2c2ccccc2F)cc1. The number of carbonyl (C=O) groups excluding carboxylic acids is 1. The van der Waals surface area contributed by atoms with E-state index in [9.17, 15) is 14.3 Å². The number of benzene rings is 3. The fraction of sp³-hybridized carbons (Fsp3) is 0.160. The van der Waals surface area contributed by atoms with Crippen molar-refractivity contribution in [3.05, 3.63) is 101 Å². The molecular weight excluding hydrogens is 413 g/mol. The molecular formula is C25H22FNO3S. The Morgan fingerprint density at radius 2 is 1.71 bits per heavy atom. The Balaban J connectivity index is 1.79. The first kappa shape index (κ1) is 21.0. The van der Waals surface area contributed by atoms with Crippen LogP contribution < -0.4 is 4.74 Å². The van der Waals surface area contributed by atoms with Crippen molar-refractivity contribution < 1.29 is 19.0 Å². The second-order valence-electron chi connectivity index (χ2n) is 7.20. The van der Waals surface area contributed by atoms with E-state index in [1.165, 1.54) is 11.0 Å². The van der Waals surface area contributed by atoms with Crippen LogP contribution in [0, 0.1) is 5.82 Å². The van der Waals surface area contributed by atoms with Crippen LogP contribution >= 0.6 is 11.8 Å². The van der Waals surface area contributed by atoms with Crippen LogP contribution in [-0.2, 0) is 11.3 Å². The average molecular weight is 436 g/mol. The second kappa shape index (κ2) is 8.86. The zero-order valence-corrected chi connectivity index (χ0v) is 18.0. The molecule has 1 heterocycles. The van der Waals surface area contributed by atoms with E-state index >= 15 is 0 Å². The average Bonchev–Trinajstić information content (AvgIpc) is 3.05. The van der Waals surface area contributed by atoms with Crippen molar-refractivity contribution in [1.29, 1.82) is 0 Å². The highest BCUT2D eigenvalue weighted by molar-refractivity contribution is 7.98. The Kier molecular flexibility index (Phi) is 6.00. The van der Waals surface area contributed by atoms with Gasteiger partial charge in [-0.3, -0.25) is 4.79 Å². The van der Waals surface area contributed by atoms with Gasteiger partial charge in [0, 0.05) is 22.6 Å². The molecule has 0 saturated heterocycles. The van der Waals surface area contributed by atoms with Crippen LogP contribution in [0.15, 0.2) is 83.5 Å². The summed E-state index contributed by atoms with van der Waals surface area (Å²) < 4.78 is 20.1. The van der Waals surface area contributed by atoms with E-state index in [1.807, 2.05) is 30.5 Å². The molecule has 3 aromatic carbocycles. The van der Waals surface area contributed by atoms with E-state index in [1.54, 1.807) is 61.3 Å². The number of hydrogen-bond donors (Lipinski definition) is 1. The number of aliphatic hydroxyl groups is 1. The molecule has 0 aliphatic carbocycles. The molecule has 1 amide bonds. The third-order valence-electron chi connectivity index (χ3n) is 5.42. The highest BCUT2D eigenvalue weighted by Crippen LogP contribution is 2.44. The third kappa shape index (κ3) is 4.03. The van der Waals surface area contributed by atoms with Gasteiger partial charge in [-0.15, -0.1) is 11.8 Å². The van der Waals surface area contributed by atoms with Crippen LogP contribution in [0.3, 0.4) is 0 Å². The number of rotatable bonds is 6. The van der Waals surface area contributed by atoms with Crippen molar-refractivity contribution in [2.75, 3.05) is 13.4 Å². The summed E-state index contributed by atoms with van der Waals surface area (Å²) in [5.41, 5.74) is 2.27. The molecule has 1 atom stereocenters. The third-order valence-corrected chi connectivity index (χ3v) is 6.16. The standard InChI is InChI=1S/C25H22FNO3S/c1-30-18-11-9-17(10-12-18)22-23(20-5-3-4-6-21(20)26)27(25(29)24(22)28)15-16-7-13-19(31-2)14-8-16/h3-14,23,28H,15H2,1-2H3. The maximum absolute atomic E-state index is 14.8. The summed E-state index contributed by atoms with van der Waals surface area (Å²) in [6, 6.07) is 20.5. The van der Waals surface area contributed by atoms with Crippen LogP contribution in [-0.4, -0.2) is 29.3 Å². The van der Waals surface area contributed by atoms with Crippen LogP contribution in [0.5, 0.6) is 5.75 Å². The van der Waals surface area contributed by atoms with Crippen molar-refractivity contribution in [3.8, 4) is 5.75 Å². The highest BCUT2D eigenvalue weighted by Gasteiger charge is 2.42. The summed E-state index contributed by atoms with van der Waals surface area (Å²) in [7, 11) is 1.57. The quantitative estimate of drug-likeness (QED) is 0.512. The minimum absolute atomic E-state index is 0.246. The Bertz CT molecular complexity index is 1130. The number of aliphatic hydroxyl groups excluding tert-OH is 1. The summed E-state index contributed by atoms with van der Waals surface area (Å²) in [5.74, 6) is -0.655. The van der Waals surface area contributed by atoms with Crippen molar-refractivity contribution in [2.24, 2.45) is 0 Å². The summed E-state index contributed by atoms with van der Waals surface area (Å²) in [6.45, 7) is 0.246. The zero-order chi connectivity index (χ0) is 22.0. The lowest BCUT2D eigenvalue weighted by atomic mass is 9.93. The first-order valence-electron chi connectivity index (χ1n) is 9.79. The molecule has 0 spiro atoms. The Morgan fingerprint density at radius 3 is 2.32 bits per heavy atom. The second-order valence-corrected chi connectivity index (χ2v) is 8.08. The lowest BCUT2D eigenvalue weighted by Gasteiger charge is -2.28. The predicted octanol–water partition coefficient (Wildman–Crippen LogP) is 5.61. The number of methoxy groups -OCH3 is 1. The fourth-order valence-corrected chi connectivity index (χ4v) is 4.24. The minimum Gasteiger partial charge on any atom is -0.503 e. The van der Waals surface area contributed by atoms with Gasteiger partial charge in [-0.1, -0.05) is 42.5 Å². The van der Waals surface area contributed by atoms with E-state index in [4.69, 9.17) is 4.74 Å². The van der Waals surface area contributed by atoms with Crippen LogP contribution in [0.1, 0.15) is 22.7 Å². The molecule has 31 heavy (non-hydrogen) atoms. The summed E-state index contributed by atoms with van der Waals surface area (Å²) in [4.78, 5) is 15.7. The van der Waals surface area contributed by atoms with Gasteiger partial charge in [-0.25, -0.2) is 4.39 Å². The predicted molar refractivity (Wildman–Crippen MR) is 120 cm³/mol. The van der Waals surface area contributed by atoms with E-state index < -0.39 is 17.8 Å². The van der Waals surface area contributed by atoms with Gasteiger partial charge in [0.2, 0.25) is 0 Å². The lowest BCUT2D eigenvalue weighted by molar-refractivity contribution is -0.130. The van der Waals surface area contributed by atoms with E-state index in [-0.39, 0.29) is 12.3 Å². The Labute approximate surface area is 185 Å². The maximum atomic E-state index is 14.8. The lowest BCUT2D eigenvalue weighted by Crippen LogP contribution is -2.30. The number of carbonyl (C=O) groups is 1. The molecule has 4 rings (SSSR count). The van der Waals surface area contributed by atoms with E-state index in [2.05, 4.69) is 0 Å². The number of hydrogen-bond acceptors (Lipinski definition) is 4. The molecule has 1 aliphatic rings. The topological polar surface area (TPSA) is 49.8 Å². The van der Waals surface area contributed by atoms with Crippen molar-refractivity contribution in [1.82, 2.24) is 4.90 Å². The largest absolute Gasteiger partial charge is 0.503 e. The zero-order valence-electron chi connectivity index (χ0n) is 17.2. The van der Waals surface area contributed by atoms with Crippen molar-refractivity contribution in [3.63, 3.8) is 0 Å². The number of halogens is 1. The minimum atomic E-state index is -0.748. The molecule has 0 bridgehead atoms. The van der Waals surface area contributed by atoms with Crippen LogP contribution in [0.2, 0.25) is 0 Å². The first-order chi connectivity index (χ1) is 15.0. The molecule has 0 aromatic heterocycles. The maximum Gasteiger partial charge on any atom is 0.290 e. The number of thioether (sulfide) groups is 1. The van der Waals surface area contributed by atoms with Gasteiger partial charge >= 0.3 is 0 Å². The smallest absolute Gasteiger partial charge is 0.290 e. The van der Waals surface area contributed by atoms with Gasteiger partial charge in [0.15, 0.2) is 5.76 Å². The number of amides is 1. The van der Waals surface area contributed by atoms with Gasteiger partial charge in [0.05, 0.1) is 13.2 Å². The molecule has 1 aliphatic heterocycles. The molecule has 6 heteroatoms. The monoisotopic (exact) mass is 435 g/mol. The van der Waals surface area contributed by atoms with Gasteiger partial charge in [-0.2, -0.15) is 0 Å². The van der Waals surface area contributed by atoms with Crippen molar-refractivity contribution >= 4 is 23.2 Å². The fourth-order valence-electron chi connectivity index (χ4n) is 3.83. The molecule has 0 saturated carbocycles. The number of nitrogens with zero attached hydrogens (tertiary/aromatic N) is 1. The molecule has 158 valence electrons. The van der Waals surface area contributed by atoms with E-state index in [0.29, 0.717) is 22.4 Å². The molecule has 0 radical (unpaired) electrons. The van der Waals surface area contributed by atoms with Gasteiger partial charge in [0.25, 0.3) is 5.91 Å². The summed E-state index contributed by atoms with van der Waals surface area (Å²) >= 11 is 1.63. The normalized spacial score (nSPS) is 16.2. The highest BCUT2D eigenvalue weighted by atomic mass is 32.2. The van der Waals surface area contributed by atoms with Crippen LogP contribution in [0.25, 0.3) is 5.57 Å². The summed E-state index contributed by atoms with van der Waals surface area (Å²) in [5, 5.41) is 10.8. The molecule has 3 aromatic rings. The molecule has 1 unspecified atom stereocenters. The van der Waals surface area contributed by atoms with Gasteiger partial charge in [0.1, 0.15) is 11.6 Å². The number of ether oxygens (including phenoxy) is 1. The molecule has 0 fully saturated rings. The molecule has 4 nitrogen and oxygen atoms in total. The van der Waals surface area contributed by atoms with Crippen molar-refractivity contribution in [2.45, 2.75) is 17.5 Å². The van der Waals surface area contributed by atoms with Gasteiger partial charge < -0.3 is 14.7 Å². The Morgan fingerprint density at radius 1 is 1.03 bits per heavy atom. The Hall–Kier alpha value is -3.25. The first-order valence-corrected chi connectivity index (χ1v) is 11.0. The van der Waals surface area contributed by atoms with Gasteiger partial charge in [-0.05, 0) is 47.7 Å². The van der Waals surface area contributed by atoms with E-state index in [0.717, 1.165) is 10.5 Å². The molecule has 1 N–H and O–H groups in total. The summed E-state index contributed by atoms with van der Waals surface area (Å²) in [6.07, 6.45) is 2.00. The van der Waals surface area contributed by atoms with Crippen LogP contribution in [0.4, 0.5) is 4.39 Å².